The van der Waals surface area contributed by atoms with Gasteiger partial charge in [-0.3, -0.25) is 9.79 Å². The van der Waals surface area contributed by atoms with Crippen LogP contribution in [0.2, 0.25) is 0 Å². The zero-order chi connectivity index (χ0) is 21.3. The molecule has 1 heterocycles. The Morgan fingerprint density at radius 2 is 1.67 bits per heavy atom. The number of guanidine groups is 1. The standard InChI is InChI=1S/C22H25F2N5O/c1-25-22(27-9-8-16-14-29-20-13-18(24)6-7-19(16)20)28-11-10-26-21(30)12-15-2-4-17(23)5-3-15/h2-7,13-14,29H,8-12H2,1H3,(H,26,30)(H2,25,27,28). The number of hydrogen-bond acceptors (Lipinski definition) is 2. The van der Waals surface area contributed by atoms with Gasteiger partial charge in [-0.05, 0) is 47.9 Å². The van der Waals surface area contributed by atoms with E-state index in [1.807, 2.05) is 6.20 Å². The van der Waals surface area contributed by atoms with Crippen molar-refractivity contribution < 1.29 is 13.6 Å². The Morgan fingerprint density at radius 1 is 0.967 bits per heavy atom. The molecule has 0 aliphatic carbocycles. The van der Waals surface area contributed by atoms with Crippen molar-refractivity contribution in [1.82, 2.24) is 20.9 Å². The first kappa shape index (κ1) is 21.3. The first-order valence-electron chi connectivity index (χ1n) is 9.76. The molecule has 2 aromatic carbocycles. The second-order valence-electron chi connectivity index (χ2n) is 6.83. The number of rotatable bonds is 8. The molecule has 0 atom stereocenters. The van der Waals surface area contributed by atoms with Crippen molar-refractivity contribution in [1.29, 1.82) is 0 Å². The first-order chi connectivity index (χ1) is 14.5. The van der Waals surface area contributed by atoms with E-state index in [-0.39, 0.29) is 24.0 Å². The topological polar surface area (TPSA) is 81.3 Å². The molecule has 0 saturated carbocycles. The number of aliphatic imine (C=N–C) groups is 1. The molecule has 4 N–H and O–H groups in total. The van der Waals surface area contributed by atoms with E-state index in [0.29, 0.717) is 25.6 Å². The van der Waals surface area contributed by atoms with Crippen LogP contribution >= 0.6 is 0 Å². The SMILES string of the molecule is CN=C(NCCNC(=O)Cc1ccc(F)cc1)NCCc1c[nH]c2cc(F)ccc12. The van der Waals surface area contributed by atoms with Gasteiger partial charge in [-0.25, -0.2) is 8.78 Å². The lowest BCUT2D eigenvalue weighted by Crippen LogP contribution is -2.42. The normalized spacial score (nSPS) is 11.5. The number of fused-ring (bicyclic) bond motifs is 1. The molecule has 3 rings (SSSR count). The fraction of sp³-hybridized carbons (Fsp3) is 0.273. The minimum absolute atomic E-state index is 0.123. The maximum absolute atomic E-state index is 13.3. The molecule has 158 valence electrons. The van der Waals surface area contributed by atoms with Crippen molar-refractivity contribution in [3.63, 3.8) is 0 Å². The monoisotopic (exact) mass is 413 g/mol. The van der Waals surface area contributed by atoms with Gasteiger partial charge < -0.3 is 20.9 Å². The van der Waals surface area contributed by atoms with Gasteiger partial charge in [0.2, 0.25) is 5.91 Å². The molecular formula is C22H25F2N5O. The van der Waals surface area contributed by atoms with E-state index in [2.05, 4.69) is 25.9 Å². The van der Waals surface area contributed by atoms with Crippen LogP contribution in [0.4, 0.5) is 8.78 Å². The highest BCUT2D eigenvalue weighted by atomic mass is 19.1. The smallest absolute Gasteiger partial charge is 0.224 e. The average Bonchev–Trinajstić information content (AvgIpc) is 3.13. The first-order valence-corrected chi connectivity index (χ1v) is 9.76. The molecule has 1 aromatic heterocycles. The van der Waals surface area contributed by atoms with Gasteiger partial charge in [-0.15, -0.1) is 0 Å². The second-order valence-corrected chi connectivity index (χ2v) is 6.83. The van der Waals surface area contributed by atoms with Gasteiger partial charge in [0.05, 0.1) is 6.42 Å². The summed E-state index contributed by atoms with van der Waals surface area (Å²) >= 11 is 0. The number of carbonyl (C=O) groups excluding carboxylic acids is 1. The van der Waals surface area contributed by atoms with Crippen LogP contribution in [-0.4, -0.2) is 43.5 Å². The molecule has 30 heavy (non-hydrogen) atoms. The zero-order valence-corrected chi connectivity index (χ0v) is 16.8. The Bertz CT molecular complexity index is 1010. The summed E-state index contributed by atoms with van der Waals surface area (Å²) in [4.78, 5) is 19.2. The maximum Gasteiger partial charge on any atom is 0.224 e. The van der Waals surface area contributed by atoms with E-state index in [1.54, 1.807) is 25.2 Å². The maximum atomic E-state index is 13.3. The lowest BCUT2D eigenvalue weighted by atomic mass is 10.1. The number of nitrogens with one attached hydrogen (secondary N) is 4. The van der Waals surface area contributed by atoms with E-state index in [4.69, 9.17) is 0 Å². The molecule has 0 radical (unpaired) electrons. The van der Waals surface area contributed by atoms with Crippen molar-refractivity contribution in [2.45, 2.75) is 12.8 Å². The molecule has 1 amide bonds. The summed E-state index contributed by atoms with van der Waals surface area (Å²) in [7, 11) is 1.68. The molecule has 0 unspecified atom stereocenters. The molecular weight excluding hydrogens is 388 g/mol. The molecule has 8 heteroatoms. The molecule has 6 nitrogen and oxygen atoms in total. The van der Waals surface area contributed by atoms with Crippen molar-refractivity contribution in [3.8, 4) is 0 Å². The number of benzene rings is 2. The van der Waals surface area contributed by atoms with E-state index in [9.17, 15) is 13.6 Å². The van der Waals surface area contributed by atoms with Crippen LogP contribution in [0.5, 0.6) is 0 Å². The second kappa shape index (κ2) is 10.4. The van der Waals surface area contributed by atoms with Crippen LogP contribution in [0.1, 0.15) is 11.1 Å². The number of halogens is 2. The van der Waals surface area contributed by atoms with E-state index in [0.717, 1.165) is 28.5 Å². The molecule has 0 fully saturated rings. The number of aromatic nitrogens is 1. The minimum atomic E-state index is -0.319. The number of aromatic amines is 1. The highest BCUT2D eigenvalue weighted by Gasteiger charge is 2.06. The Labute approximate surface area is 173 Å². The van der Waals surface area contributed by atoms with E-state index >= 15 is 0 Å². The van der Waals surface area contributed by atoms with Gasteiger partial charge in [-0.1, -0.05) is 12.1 Å². The van der Waals surface area contributed by atoms with Crippen molar-refractivity contribution in [3.05, 3.63) is 71.4 Å². The number of amides is 1. The van der Waals surface area contributed by atoms with Gasteiger partial charge in [-0.2, -0.15) is 0 Å². The molecule has 0 aliphatic rings. The van der Waals surface area contributed by atoms with Crippen LogP contribution in [0, 0.1) is 11.6 Å². The van der Waals surface area contributed by atoms with Gasteiger partial charge in [0.25, 0.3) is 0 Å². The van der Waals surface area contributed by atoms with Gasteiger partial charge in [0.1, 0.15) is 11.6 Å². The number of hydrogen-bond donors (Lipinski definition) is 4. The van der Waals surface area contributed by atoms with Crippen LogP contribution < -0.4 is 16.0 Å². The van der Waals surface area contributed by atoms with Gasteiger partial charge >= 0.3 is 0 Å². The highest BCUT2D eigenvalue weighted by Crippen LogP contribution is 2.19. The predicted molar refractivity (Wildman–Crippen MR) is 114 cm³/mol. The molecule has 3 aromatic rings. The Morgan fingerprint density at radius 3 is 2.43 bits per heavy atom. The van der Waals surface area contributed by atoms with E-state index < -0.39 is 0 Å². The summed E-state index contributed by atoms with van der Waals surface area (Å²) in [5, 5.41) is 10.2. The van der Waals surface area contributed by atoms with E-state index in [1.165, 1.54) is 24.3 Å². The summed E-state index contributed by atoms with van der Waals surface area (Å²) in [6.07, 6.45) is 2.85. The fourth-order valence-electron chi connectivity index (χ4n) is 3.13. The third kappa shape index (κ3) is 6.04. The van der Waals surface area contributed by atoms with Crippen LogP contribution in [0.25, 0.3) is 10.9 Å². The Kier molecular flexibility index (Phi) is 7.37. The molecule has 0 aliphatic heterocycles. The van der Waals surface area contributed by atoms with Gasteiger partial charge in [0, 0.05) is 43.8 Å². The van der Waals surface area contributed by atoms with Crippen molar-refractivity contribution in [2.24, 2.45) is 4.99 Å². The lowest BCUT2D eigenvalue weighted by molar-refractivity contribution is -0.120. The Hall–Kier alpha value is -3.42. The quantitative estimate of drug-likeness (QED) is 0.260. The van der Waals surface area contributed by atoms with Crippen LogP contribution in [0.3, 0.4) is 0 Å². The van der Waals surface area contributed by atoms with Crippen molar-refractivity contribution >= 4 is 22.8 Å². The fourth-order valence-corrected chi connectivity index (χ4v) is 3.13. The molecule has 0 spiro atoms. The number of carbonyl (C=O) groups is 1. The van der Waals surface area contributed by atoms with Crippen LogP contribution in [-0.2, 0) is 17.6 Å². The lowest BCUT2D eigenvalue weighted by Gasteiger charge is -2.12. The number of H-pyrrole nitrogens is 1. The van der Waals surface area contributed by atoms with Gasteiger partial charge in [0.15, 0.2) is 5.96 Å². The highest BCUT2D eigenvalue weighted by molar-refractivity contribution is 5.83. The summed E-state index contributed by atoms with van der Waals surface area (Å²) < 4.78 is 26.2. The summed E-state index contributed by atoms with van der Waals surface area (Å²) in [5.41, 5.74) is 2.64. The molecule has 0 saturated heterocycles. The zero-order valence-electron chi connectivity index (χ0n) is 16.8. The third-order valence-electron chi connectivity index (χ3n) is 4.66. The van der Waals surface area contributed by atoms with Crippen molar-refractivity contribution in [2.75, 3.05) is 26.7 Å². The summed E-state index contributed by atoms with van der Waals surface area (Å²) in [6.45, 7) is 1.61. The molecule has 0 bridgehead atoms. The third-order valence-corrected chi connectivity index (χ3v) is 4.66. The summed E-state index contributed by atoms with van der Waals surface area (Å²) in [5.74, 6) is -0.0694. The van der Waals surface area contributed by atoms with Crippen LogP contribution in [0.15, 0.2) is 53.7 Å². The minimum Gasteiger partial charge on any atom is -0.361 e. The largest absolute Gasteiger partial charge is 0.361 e. The number of nitrogens with zero attached hydrogens (tertiary/aromatic N) is 1. The average molecular weight is 413 g/mol. The Balaban J connectivity index is 1.35. The predicted octanol–water partition coefficient (Wildman–Crippen LogP) is 2.51. The summed E-state index contributed by atoms with van der Waals surface area (Å²) in [6, 6.07) is 10.6.